The van der Waals surface area contributed by atoms with Gasteiger partial charge in [0.15, 0.2) is 0 Å². The van der Waals surface area contributed by atoms with Crippen molar-refractivity contribution in [3.63, 3.8) is 0 Å². The normalized spacial score (nSPS) is 12.2. The van der Waals surface area contributed by atoms with Gasteiger partial charge in [-0.1, -0.05) is 60.7 Å². The minimum absolute atomic E-state index is 0.0166. The molecule has 0 fully saturated rings. The molecule has 6 nitrogen and oxygen atoms in total. The lowest BCUT2D eigenvalue weighted by Gasteiger charge is -2.07. The largest absolute Gasteiger partial charge is 0.506 e. The molecular formula is C20H14N2O4S. The van der Waals surface area contributed by atoms with Crippen molar-refractivity contribution in [2.75, 3.05) is 0 Å². The Kier molecular flexibility index (Phi) is 4.10. The standard InChI is InChI=1S/C20H14N2O4S/c23-17-11-9-13-5-1-3-7-15(13)19(17)21-22-20-16-8-4-2-6-14(16)10-12-18(20)27(24,25)26/h1-12,23H,(H,24,25,26). The van der Waals surface area contributed by atoms with E-state index in [1.54, 1.807) is 36.4 Å². The topological polar surface area (TPSA) is 99.3 Å². The first kappa shape index (κ1) is 17.1. The lowest BCUT2D eigenvalue weighted by Crippen LogP contribution is -1.98. The quantitative estimate of drug-likeness (QED) is 0.370. The third-order valence-corrected chi connectivity index (χ3v) is 5.16. The van der Waals surface area contributed by atoms with E-state index in [2.05, 4.69) is 10.2 Å². The summed E-state index contributed by atoms with van der Waals surface area (Å²) in [5.74, 6) is -0.0777. The van der Waals surface area contributed by atoms with E-state index in [0.29, 0.717) is 10.8 Å². The zero-order valence-corrected chi connectivity index (χ0v) is 14.8. The molecule has 0 saturated carbocycles. The Labute approximate surface area is 155 Å². The molecular weight excluding hydrogens is 364 g/mol. The zero-order valence-electron chi connectivity index (χ0n) is 13.9. The predicted octanol–water partition coefficient (Wildman–Crippen LogP) is 5.36. The van der Waals surface area contributed by atoms with Crippen molar-refractivity contribution >= 4 is 43.0 Å². The summed E-state index contributed by atoms with van der Waals surface area (Å²) in [5.41, 5.74) is 0.241. The van der Waals surface area contributed by atoms with Crippen LogP contribution in [-0.2, 0) is 10.1 Å². The van der Waals surface area contributed by atoms with Crippen molar-refractivity contribution in [1.29, 1.82) is 0 Å². The molecule has 0 aliphatic heterocycles. The number of rotatable bonds is 3. The van der Waals surface area contributed by atoms with Crippen LogP contribution in [0.3, 0.4) is 0 Å². The number of phenols is 1. The van der Waals surface area contributed by atoms with Crippen LogP contribution in [0.25, 0.3) is 21.5 Å². The number of fused-ring (bicyclic) bond motifs is 2. The van der Waals surface area contributed by atoms with Gasteiger partial charge in [-0.25, -0.2) is 0 Å². The fourth-order valence-corrected chi connectivity index (χ4v) is 3.63. The number of azo groups is 1. The van der Waals surface area contributed by atoms with Crippen molar-refractivity contribution in [2.45, 2.75) is 4.90 Å². The van der Waals surface area contributed by atoms with Gasteiger partial charge >= 0.3 is 0 Å². The summed E-state index contributed by atoms with van der Waals surface area (Å²) in [6.07, 6.45) is 0. The maximum atomic E-state index is 11.8. The number of hydrogen-bond donors (Lipinski definition) is 2. The van der Waals surface area contributed by atoms with E-state index >= 15 is 0 Å². The second-order valence-electron chi connectivity index (χ2n) is 5.96. The molecule has 0 heterocycles. The van der Waals surface area contributed by atoms with Gasteiger partial charge in [0.2, 0.25) is 0 Å². The molecule has 0 atom stereocenters. The van der Waals surface area contributed by atoms with Crippen molar-refractivity contribution in [3.05, 3.63) is 72.8 Å². The van der Waals surface area contributed by atoms with Crippen LogP contribution in [0.5, 0.6) is 5.75 Å². The molecule has 27 heavy (non-hydrogen) atoms. The molecule has 7 heteroatoms. The Bertz CT molecular complexity index is 1310. The molecule has 0 unspecified atom stereocenters. The second kappa shape index (κ2) is 6.46. The fourth-order valence-electron chi connectivity index (χ4n) is 3.00. The maximum absolute atomic E-state index is 11.8. The fraction of sp³-hybridized carbons (Fsp3) is 0. The van der Waals surface area contributed by atoms with E-state index in [1.165, 1.54) is 12.1 Å². The van der Waals surface area contributed by atoms with Gasteiger partial charge in [0.25, 0.3) is 10.1 Å². The molecule has 4 aromatic rings. The highest BCUT2D eigenvalue weighted by Gasteiger charge is 2.18. The first-order valence-corrected chi connectivity index (χ1v) is 9.51. The third-order valence-electron chi connectivity index (χ3n) is 4.27. The third kappa shape index (κ3) is 3.14. The molecule has 0 spiro atoms. The first-order valence-electron chi connectivity index (χ1n) is 8.07. The number of phenolic OH excluding ortho intramolecular Hbond substituents is 1. The average molecular weight is 378 g/mol. The van der Waals surface area contributed by atoms with E-state index in [9.17, 15) is 18.1 Å². The number of nitrogens with zero attached hydrogens (tertiary/aromatic N) is 2. The minimum Gasteiger partial charge on any atom is -0.506 e. The maximum Gasteiger partial charge on any atom is 0.296 e. The van der Waals surface area contributed by atoms with Crippen LogP contribution in [-0.4, -0.2) is 18.1 Å². The molecule has 0 bridgehead atoms. The van der Waals surface area contributed by atoms with Crippen molar-refractivity contribution < 1.29 is 18.1 Å². The molecule has 4 rings (SSSR count). The van der Waals surface area contributed by atoms with Crippen LogP contribution in [0, 0.1) is 0 Å². The Balaban J connectivity index is 1.98. The van der Waals surface area contributed by atoms with Crippen LogP contribution in [0.1, 0.15) is 0 Å². The zero-order chi connectivity index (χ0) is 19.0. The SMILES string of the molecule is O=S(=O)(O)c1ccc2ccccc2c1N=Nc1c(O)ccc2ccccc12. The van der Waals surface area contributed by atoms with Gasteiger partial charge in [0.05, 0.1) is 0 Å². The Morgan fingerprint density at radius 2 is 1.19 bits per heavy atom. The smallest absolute Gasteiger partial charge is 0.296 e. The van der Waals surface area contributed by atoms with Gasteiger partial charge in [-0.15, -0.1) is 10.2 Å². The molecule has 0 saturated heterocycles. The highest BCUT2D eigenvalue weighted by atomic mass is 32.2. The van der Waals surface area contributed by atoms with Gasteiger partial charge < -0.3 is 5.11 Å². The Hall–Kier alpha value is -3.29. The van der Waals surface area contributed by atoms with Crippen molar-refractivity contribution in [1.82, 2.24) is 0 Å². The Morgan fingerprint density at radius 1 is 0.667 bits per heavy atom. The van der Waals surface area contributed by atoms with E-state index in [4.69, 9.17) is 0 Å². The first-order chi connectivity index (χ1) is 12.9. The van der Waals surface area contributed by atoms with Crippen LogP contribution < -0.4 is 0 Å². The van der Waals surface area contributed by atoms with Crippen LogP contribution in [0.15, 0.2) is 87.9 Å². The summed E-state index contributed by atoms with van der Waals surface area (Å²) in [6, 6.07) is 20.5. The van der Waals surface area contributed by atoms with E-state index in [0.717, 1.165) is 10.8 Å². The molecule has 0 aromatic heterocycles. The summed E-state index contributed by atoms with van der Waals surface area (Å²) >= 11 is 0. The number of benzene rings is 4. The molecule has 0 aliphatic carbocycles. The van der Waals surface area contributed by atoms with E-state index in [1.807, 2.05) is 24.3 Å². The summed E-state index contributed by atoms with van der Waals surface area (Å²) < 4.78 is 33.2. The van der Waals surface area contributed by atoms with E-state index in [-0.39, 0.29) is 22.0 Å². The molecule has 0 amide bonds. The van der Waals surface area contributed by atoms with Gasteiger partial charge in [-0.05, 0) is 22.9 Å². The summed E-state index contributed by atoms with van der Waals surface area (Å²) in [7, 11) is -4.50. The lowest BCUT2D eigenvalue weighted by molar-refractivity contribution is 0.477. The summed E-state index contributed by atoms with van der Waals surface area (Å²) in [4.78, 5) is -0.343. The number of aromatic hydroxyl groups is 1. The van der Waals surface area contributed by atoms with Gasteiger partial charge in [0, 0.05) is 10.8 Å². The molecule has 2 N–H and O–H groups in total. The minimum atomic E-state index is -4.50. The van der Waals surface area contributed by atoms with Crippen LogP contribution >= 0.6 is 0 Å². The highest BCUT2D eigenvalue weighted by Crippen LogP contribution is 2.38. The average Bonchev–Trinajstić information content (AvgIpc) is 2.66. The molecule has 134 valence electrons. The van der Waals surface area contributed by atoms with Crippen LogP contribution in [0.4, 0.5) is 11.4 Å². The highest BCUT2D eigenvalue weighted by molar-refractivity contribution is 7.86. The predicted molar refractivity (Wildman–Crippen MR) is 104 cm³/mol. The van der Waals surface area contributed by atoms with Crippen molar-refractivity contribution in [3.8, 4) is 5.75 Å². The summed E-state index contributed by atoms with van der Waals surface area (Å²) in [6.45, 7) is 0. The Morgan fingerprint density at radius 3 is 1.81 bits per heavy atom. The molecule has 0 radical (unpaired) electrons. The monoisotopic (exact) mass is 378 g/mol. The molecule has 0 aliphatic rings. The van der Waals surface area contributed by atoms with Crippen molar-refractivity contribution in [2.24, 2.45) is 10.2 Å². The van der Waals surface area contributed by atoms with Gasteiger partial charge in [-0.3, -0.25) is 4.55 Å². The van der Waals surface area contributed by atoms with Gasteiger partial charge in [-0.2, -0.15) is 8.42 Å². The number of hydrogen-bond acceptors (Lipinski definition) is 5. The summed E-state index contributed by atoms with van der Waals surface area (Å²) in [5, 5.41) is 21.3. The lowest BCUT2D eigenvalue weighted by atomic mass is 10.1. The van der Waals surface area contributed by atoms with Crippen LogP contribution in [0.2, 0.25) is 0 Å². The van der Waals surface area contributed by atoms with Gasteiger partial charge in [0.1, 0.15) is 22.0 Å². The van der Waals surface area contributed by atoms with E-state index < -0.39 is 10.1 Å². The molecule has 4 aromatic carbocycles. The second-order valence-corrected chi connectivity index (χ2v) is 7.35.